The highest BCUT2D eigenvalue weighted by molar-refractivity contribution is 5.93. The number of rotatable bonds is 3. The summed E-state index contributed by atoms with van der Waals surface area (Å²) >= 11 is 0. The second kappa shape index (κ2) is 7.03. The Bertz CT molecular complexity index is 939. The van der Waals surface area contributed by atoms with Crippen molar-refractivity contribution >= 4 is 22.8 Å². The van der Waals surface area contributed by atoms with Crippen LogP contribution in [-0.2, 0) is 4.79 Å². The zero-order valence-electron chi connectivity index (χ0n) is 15.2. The number of nitrogens with zero attached hydrogens (tertiary/aromatic N) is 3. The number of carbonyl (C=O) groups excluding carboxylic acids is 1. The summed E-state index contributed by atoms with van der Waals surface area (Å²) in [6.07, 6.45) is 5.99. The van der Waals surface area contributed by atoms with Crippen LogP contribution >= 0.6 is 0 Å². The van der Waals surface area contributed by atoms with E-state index < -0.39 is 12.2 Å². The van der Waals surface area contributed by atoms with Crippen LogP contribution in [0.25, 0.3) is 11.0 Å². The molecule has 3 atom stereocenters. The second-order valence-electron chi connectivity index (χ2n) is 7.24. The Morgan fingerprint density at radius 3 is 3.04 bits per heavy atom. The smallest absolute Gasteiger partial charge is 0.246 e. The molecule has 2 aliphatic rings. The third kappa shape index (κ3) is 3.52. The number of piperidine rings is 1. The number of nitrogens with one attached hydrogen (secondary N) is 2. The lowest BCUT2D eigenvalue weighted by Gasteiger charge is -2.40. The van der Waals surface area contributed by atoms with E-state index in [2.05, 4.69) is 38.7 Å². The quantitative estimate of drug-likeness (QED) is 0.646. The van der Waals surface area contributed by atoms with Crippen LogP contribution in [0.15, 0.2) is 25.2 Å². The molecule has 27 heavy (non-hydrogen) atoms. The van der Waals surface area contributed by atoms with Crippen LogP contribution in [0.1, 0.15) is 31.7 Å². The molecule has 0 bridgehead atoms. The Balaban J connectivity index is 1.62. The van der Waals surface area contributed by atoms with Gasteiger partial charge < -0.3 is 15.2 Å². The SMILES string of the molecule is C=CC(=O)N1C[C@H](Nc2ncnc3[nH]cc(C#CC4CC4)c23)[C@@H](F)C[C@@H]1C. The first-order chi connectivity index (χ1) is 13.1. The number of likely N-dealkylation sites (tertiary alicyclic amines) is 1. The first-order valence-corrected chi connectivity index (χ1v) is 9.24. The van der Waals surface area contributed by atoms with Crippen LogP contribution in [0.2, 0.25) is 0 Å². The Kier molecular flexibility index (Phi) is 4.56. The third-order valence-electron chi connectivity index (χ3n) is 5.17. The molecule has 140 valence electrons. The lowest BCUT2D eigenvalue weighted by Crippen LogP contribution is -2.54. The number of aromatic nitrogens is 3. The van der Waals surface area contributed by atoms with Gasteiger partial charge in [-0.15, -0.1) is 0 Å². The van der Waals surface area contributed by atoms with E-state index in [1.54, 1.807) is 4.90 Å². The molecular weight excluding hydrogens is 345 g/mol. The van der Waals surface area contributed by atoms with E-state index in [4.69, 9.17) is 0 Å². The van der Waals surface area contributed by atoms with Crippen molar-refractivity contribution in [2.45, 2.75) is 44.4 Å². The number of anilines is 1. The molecule has 2 fully saturated rings. The molecule has 0 unspecified atom stereocenters. The molecule has 1 saturated heterocycles. The Morgan fingerprint density at radius 1 is 1.48 bits per heavy atom. The number of aromatic amines is 1. The Hall–Kier alpha value is -2.88. The summed E-state index contributed by atoms with van der Waals surface area (Å²) in [6, 6.07) is -0.719. The van der Waals surface area contributed by atoms with Crippen molar-refractivity contribution in [1.29, 1.82) is 0 Å². The van der Waals surface area contributed by atoms with Crippen molar-refractivity contribution in [3.8, 4) is 11.8 Å². The molecule has 1 saturated carbocycles. The zero-order chi connectivity index (χ0) is 19.0. The fourth-order valence-corrected chi connectivity index (χ4v) is 3.44. The van der Waals surface area contributed by atoms with Crippen LogP contribution in [0.4, 0.5) is 10.2 Å². The first kappa shape index (κ1) is 17.5. The van der Waals surface area contributed by atoms with Gasteiger partial charge in [-0.25, -0.2) is 14.4 Å². The van der Waals surface area contributed by atoms with Gasteiger partial charge in [0.05, 0.1) is 17.0 Å². The molecule has 3 heterocycles. The summed E-state index contributed by atoms with van der Waals surface area (Å²) in [6.45, 7) is 5.65. The summed E-state index contributed by atoms with van der Waals surface area (Å²) in [5, 5.41) is 3.95. The van der Waals surface area contributed by atoms with Gasteiger partial charge >= 0.3 is 0 Å². The number of alkyl halides is 1. The van der Waals surface area contributed by atoms with E-state index in [0.717, 1.165) is 23.8 Å². The fourth-order valence-electron chi connectivity index (χ4n) is 3.44. The van der Waals surface area contributed by atoms with Crippen LogP contribution < -0.4 is 5.32 Å². The maximum absolute atomic E-state index is 14.7. The van der Waals surface area contributed by atoms with Crippen molar-refractivity contribution in [2.75, 3.05) is 11.9 Å². The minimum atomic E-state index is -1.08. The number of halogens is 1. The van der Waals surface area contributed by atoms with Gasteiger partial charge in [-0.2, -0.15) is 0 Å². The maximum atomic E-state index is 14.7. The minimum absolute atomic E-state index is 0.166. The van der Waals surface area contributed by atoms with Gasteiger partial charge in [-0.1, -0.05) is 18.4 Å². The normalized spacial score (nSPS) is 25.0. The van der Waals surface area contributed by atoms with E-state index in [9.17, 15) is 9.18 Å². The van der Waals surface area contributed by atoms with Gasteiger partial charge in [0.15, 0.2) is 0 Å². The Morgan fingerprint density at radius 2 is 2.30 bits per heavy atom. The predicted molar refractivity (Wildman–Crippen MR) is 102 cm³/mol. The van der Waals surface area contributed by atoms with Gasteiger partial charge in [-0.05, 0) is 25.8 Å². The molecular formula is C20H22FN5O. The highest BCUT2D eigenvalue weighted by atomic mass is 19.1. The molecule has 6 nitrogen and oxygen atoms in total. The number of H-pyrrole nitrogens is 1. The van der Waals surface area contributed by atoms with Gasteiger partial charge in [0.25, 0.3) is 0 Å². The lowest BCUT2D eigenvalue weighted by molar-refractivity contribution is -0.130. The van der Waals surface area contributed by atoms with E-state index in [1.807, 2.05) is 13.1 Å². The van der Waals surface area contributed by atoms with E-state index in [-0.39, 0.29) is 24.9 Å². The van der Waals surface area contributed by atoms with Crippen LogP contribution in [0.3, 0.4) is 0 Å². The molecule has 4 rings (SSSR count). The fraction of sp³-hybridized carbons (Fsp3) is 0.450. The molecule has 7 heteroatoms. The van der Waals surface area contributed by atoms with Crippen molar-refractivity contribution in [2.24, 2.45) is 5.92 Å². The highest BCUT2D eigenvalue weighted by Crippen LogP contribution is 2.30. The van der Waals surface area contributed by atoms with Crippen LogP contribution in [-0.4, -0.2) is 50.6 Å². The summed E-state index contributed by atoms with van der Waals surface area (Å²) in [5.74, 6) is 7.25. The molecule has 2 aromatic heterocycles. The van der Waals surface area contributed by atoms with Crippen molar-refractivity contribution in [3.05, 3.63) is 30.7 Å². The minimum Gasteiger partial charge on any atom is -0.362 e. The van der Waals surface area contributed by atoms with Gasteiger partial charge in [0, 0.05) is 31.1 Å². The molecule has 2 N–H and O–H groups in total. The van der Waals surface area contributed by atoms with Gasteiger partial charge in [-0.3, -0.25) is 4.79 Å². The Labute approximate surface area is 157 Å². The summed E-state index contributed by atoms with van der Waals surface area (Å²) in [5.41, 5.74) is 1.46. The van der Waals surface area contributed by atoms with Crippen molar-refractivity contribution < 1.29 is 9.18 Å². The van der Waals surface area contributed by atoms with E-state index in [1.165, 1.54) is 12.4 Å². The zero-order valence-corrected chi connectivity index (χ0v) is 15.2. The molecule has 0 spiro atoms. The monoisotopic (exact) mass is 367 g/mol. The number of fused-ring (bicyclic) bond motifs is 1. The molecule has 1 amide bonds. The summed E-state index contributed by atoms with van der Waals surface area (Å²) in [4.78, 5) is 25.4. The molecule has 1 aliphatic carbocycles. The first-order valence-electron chi connectivity index (χ1n) is 9.24. The van der Waals surface area contributed by atoms with Crippen molar-refractivity contribution in [1.82, 2.24) is 19.9 Å². The van der Waals surface area contributed by atoms with Gasteiger partial charge in [0.2, 0.25) is 5.91 Å². The van der Waals surface area contributed by atoms with Crippen LogP contribution in [0.5, 0.6) is 0 Å². The maximum Gasteiger partial charge on any atom is 0.246 e. The van der Waals surface area contributed by atoms with E-state index in [0.29, 0.717) is 17.4 Å². The second-order valence-corrected chi connectivity index (χ2v) is 7.24. The largest absolute Gasteiger partial charge is 0.362 e. The standard InChI is InChI=1S/C20H22FN5O/c1-3-17(27)26-10-16(15(21)8-12(26)2)25-20-18-14(7-6-13-4-5-13)9-22-19(18)23-11-24-20/h3,9,11-13,15-16H,1,4-5,8,10H2,2H3,(H2,22,23,24,25)/t12-,15-,16-/m0/s1. The average molecular weight is 367 g/mol. The van der Waals surface area contributed by atoms with Crippen molar-refractivity contribution in [3.63, 3.8) is 0 Å². The predicted octanol–water partition coefficient (Wildman–Crippen LogP) is 2.64. The molecule has 1 aliphatic heterocycles. The number of carbonyl (C=O) groups is 1. The van der Waals surface area contributed by atoms with Gasteiger partial charge in [0.1, 0.15) is 24.0 Å². The molecule has 2 aromatic rings. The topological polar surface area (TPSA) is 73.9 Å². The lowest BCUT2D eigenvalue weighted by atomic mass is 9.97. The summed E-state index contributed by atoms with van der Waals surface area (Å²) < 4.78 is 14.7. The third-order valence-corrected chi connectivity index (χ3v) is 5.17. The summed E-state index contributed by atoms with van der Waals surface area (Å²) in [7, 11) is 0. The number of hydrogen-bond donors (Lipinski definition) is 2. The number of hydrogen-bond acceptors (Lipinski definition) is 4. The van der Waals surface area contributed by atoms with E-state index >= 15 is 0 Å². The highest BCUT2D eigenvalue weighted by Gasteiger charge is 2.35. The van der Waals surface area contributed by atoms with Crippen LogP contribution in [0, 0.1) is 17.8 Å². The average Bonchev–Trinajstić information content (AvgIpc) is 3.40. The molecule has 0 radical (unpaired) electrons. The number of amides is 1. The molecule has 0 aromatic carbocycles.